The van der Waals surface area contributed by atoms with E-state index in [1.54, 1.807) is 0 Å². The first-order chi connectivity index (χ1) is 13.4. The number of nitrogens with one attached hydrogen (secondary N) is 1. The molecule has 1 aromatic heterocycles. The molecule has 0 radical (unpaired) electrons. The fourth-order valence-corrected chi connectivity index (χ4v) is 3.29. The molecular weight excluding hydrogens is 435 g/mol. The lowest BCUT2D eigenvalue weighted by Crippen LogP contribution is -2.26. The Morgan fingerprint density at radius 3 is 2.59 bits per heavy atom. The lowest BCUT2D eigenvalue weighted by atomic mass is 10.2. The monoisotopic (exact) mass is 451 g/mol. The molecule has 7 nitrogen and oxygen atoms in total. The van der Waals surface area contributed by atoms with Crippen LogP contribution in [0.3, 0.4) is 0 Å². The third-order valence-electron chi connectivity index (χ3n) is 3.62. The number of hydrogen-bond donors (Lipinski definition) is 1. The van der Waals surface area contributed by atoms with Crippen LogP contribution in [-0.2, 0) is 16.6 Å². The molecule has 2 aromatic rings. The third kappa shape index (κ3) is 6.05. The van der Waals surface area contributed by atoms with Crippen molar-refractivity contribution in [3.63, 3.8) is 0 Å². The Hall–Kier alpha value is -2.37. The quantitative estimate of drug-likeness (QED) is 0.699. The number of halogens is 4. The number of hydrogen-bond acceptors (Lipinski definition) is 5. The maximum Gasteiger partial charge on any atom is 0.422 e. The van der Waals surface area contributed by atoms with E-state index >= 15 is 0 Å². The predicted octanol–water partition coefficient (Wildman–Crippen LogP) is 2.86. The SMILES string of the molecule is CN(C)S(=O)(=O)c1ccc(Cl)c(C(=O)NCc2cccnc2OCC(F)(F)F)c1. The summed E-state index contributed by atoms with van der Waals surface area (Å²) in [4.78, 5) is 16.1. The molecule has 1 aromatic carbocycles. The topological polar surface area (TPSA) is 88.6 Å². The zero-order chi connectivity index (χ0) is 21.8. The highest BCUT2D eigenvalue weighted by Crippen LogP contribution is 2.23. The van der Waals surface area contributed by atoms with Crippen LogP contribution in [0, 0.1) is 0 Å². The van der Waals surface area contributed by atoms with E-state index in [0.717, 1.165) is 10.4 Å². The minimum Gasteiger partial charge on any atom is -0.468 e. The van der Waals surface area contributed by atoms with E-state index in [1.165, 1.54) is 44.6 Å². The van der Waals surface area contributed by atoms with Gasteiger partial charge in [-0.3, -0.25) is 4.79 Å². The second kappa shape index (κ2) is 8.97. The zero-order valence-electron chi connectivity index (χ0n) is 15.3. The van der Waals surface area contributed by atoms with Gasteiger partial charge in [-0.05, 0) is 24.3 Å². The summed E-state index contributed by atoms with van der Waals surface area (Å²) in [6, 6.07) is 6.57. The van der Waals surface area contributed by atoms with Gasteiger partial charge in [0.1, 0.15) is 0 Å². The molecule has 1 N–H and O–H groups in total. The first-order valence-corrected chi connectivity index (χ1v) is 9.87. The Morgan fingerprint density at radius 1 is 1.28 bits per heavy atom. The summed E-state index contributed by atoms with van der Waals surface area (Å²) < 4.78 is 67.2. The van der Waals surface area contributed by atoms with Gasteiger partial charge in [-0.1, -0.05) is 17.7 Å². The number of amides is 1. The molecule has 0 aliphatic carbocycles. The maximum absolute atomic E-state index is 12.5. The maximum atomic E-state index is 12.5. The molecule has 0 spiro atoms. The number of nitrogens with zero attached hydrogens (tertiary/aromatic N) is 2. The molecule has 12 heteroatoms. The molecule has 0 aliphatic rings. The standard InChI is InChI=1S/C17H17ClF3N3O4S/c1-24(2)29(26,27)12-5-6-14(18)13(8-12)15(25)23-9-11-4-3-7-22-16(11)28-10-17(19,20)21/h3-8H,9-10H2,1-2H3,(H,23,25). The number of benzene rings is 1. The molecule has 0 fully saturated rings. The number of carbonyl (C=O) groups excluding carboxylic acids is 1. The first-order valence-electron chi connectivity index (χ1n) is 8.05. The van der Waals surface area contributed by atoms with Crippen molar-refractivity contribution < 1.29 is 31.1 Å². The van der Waals surface area contributed by atoms with Gasteiger partial charge in [0, 0.05) is 32.4 Å². The predicted molar refractivity (Wildman–Crippen MR) is 99.3 cm³/mol. The first kappa shape index (κ1) is 22.9. The van der Waals surface area contributed by atoms with E-state index in [4.69, 9.17) is 11.6 Å². The summed E-state index contributed by atoms with van der Waals surface area (Å²) in [6.07, 6.45) is -3.28. The molecule has 0 saturated heterocycles. The fraction of sp³-hybridized carbons (Fsp3) is 0.294. The Labute approximate surface area is 170 Å². The number of carbonyl (C=O) groups is 1. The van der Waals surface area contributed by atoms with Crippen molar-refractivity contribution in [2.45, 2.75) is 17.6 Å². The van der Waals surface area contributed by atoms with Gasteiger partial charge < -0.3 is 10.1 Å². The van der Waals surface area contributed by atoms with Gasteiger partial charge in [0.2, 0.25) is 15.9 Å². The van der Waals surface area contributed by atoms with Gasteiger partial charge >= 0.3 is 6.18 Å². The van der Waals surface area contributed by atoms with Crippen molar-refractivity contribution in [2.24, 2.45) is 0 Å². The van der Waals surface area contributed by atoms with Crippen LogP contribution in [0.1, 0.15) is 15.9 Å². The van der Waals surface area contributed by atoms with E-state index in [9.17, 15) is 26.4 Å². The normalized spacial score (nSPS) is 12.1. The summed E-state index contributed by atoms with van der Waals surface area (Å²) in [5, 5.41) is 2.48. The summed E-state index contributed by atoms with van der Waals surface area (Å²) in [5.41, 5.74) is 0.106. The number of rotatable bonds is 7. The molecule has 0 saturated carbocycles. The summed E-state index contributed by atoms with van der Waals surface area (Å²) in [5.74, 6) is -0.989. The fourth-order valence-electron chi connectivity index (χ4n) is 2.16. The molecule has 1 heterocycles. The van der Waals surface area contributed by atoms with Crippen LogP contribution in [0.4, 0.5) is 13.2 Å². The average molecular weight is 452 g/mol. The largest absolute Gasteiger partial charge is 0.468 e. The van der Waals surface area contributed by atoms with Crippen LogP contribution in [0.25, 0.3) is 0 Å². The number of sulfonamides is 1. The van der Waals surface area contributed by atoms with Gasteiger partial charge in [0.05, 0.1) is 15.5 Å². The van der Waals surface area contributed by atoms with E-state index in [-0.39, 0.29) is 33.5 Å². The van der Waals surface area contributed by atoms with Crippen molar-refractivity contribution in [2.75, 3.05) is 20.7 Å². The number of pyridine rings is 1. The molecule has 0 unspecified atom stereocenters. The van der Waals surface area contributed by atoms with Crippen LogP contribution < -0.4 is 10.1 Å². The number of alkyl halides is 3. The smallest absolute Gasteiger partial charge is 0.422 e. The molecule has 2 rings (SSSR count). The lowest BCUT2D eigenvalue weighted by Gasteiger charge is -2.14. The average Bonchev–Trinajstić information content (AvgIpc) is 2.64. The van der Waals surface area contributed by atoms with Crippen molar-refractivity contribution in [3.05, 3.63) is 52.7 Å². The van der Waals surface area contributed by atoms with Crippen molar-refractivity contribution in [1.82, 2.24) is 14.6 Å². The Kier molecular flexibility index (Phi) is 7.09. The highest BCUT2D eigenvalue weighted by molar-refractivity contribution is 7.89. The highest BCUT2D eigenvalue weighted by atomic mass is 35.5. The molecule has 0 bridgehead atoms. The number of aromatic nitrogens is 1. The van der Waals surface area contributed by atoms with Gasteiger partial charge in [-0.25, -0.2) is 17.7 Å². The minimum atomic E-state index is -4.54. The second-order valence-corrected chi connectivity index (χ2v) is 8.54. The van der Waals surface area contributed by atoms with Crippen LogP contribution in [0.5, 0.6) is 5.88 Å². The molecule has 29 heavy (non-hydrogen) atoms. The number of ether oxygens (including phenoxy) is 1. The Bertz CT molecular complexity index is 998. The molecule has 1 amide bonds. The Balaban J connectivity index is 2.18. The summed E-state index contributed by atoms with van der Waals surface area (Å²) in [7, 11) is -1.10. The zero-order valence-corrected chi connectivity index (χ0v) is 16.9. The highest BCUT2D eigenvalue weighted by Gasteiger charge is 2.29. The van der Waals surface area contributed by atoms with E-state index in [0.29, 0.717) is 0 Å². The van der Waals surface area contributed by atoms with Crippen LogP contribution in [0.15, 0.2) is 41.4 Å². The Morgan fingerprint density at radius 2 is 1.97 bits per heavy atom. The van der Waals surface area contributed by atoms with Crippen molar-refractivity contribution >= 4 is 27.5 Å². The lowest BCUT2D eigenvalue weighted by molar-refractivity contribution is -0.154. The summed E-state index contributed by atoms with van der Waals surface area (Å²) in [6.45, 7) is -1.73. The van der Waals surface area contributed by atoms with Crippen LogP contribution in [0.2, 0.25) is 5.02 Å². The summed E-state index contributed by atoms with van der Waals surface area (Å²) >= 11 is 6.00. The minimum absolute atomic E-state index is 0.0138. The van der Waals surface area contributed by atoms with E-state index < -0.39 is 28.7 Å². The molecular formula is C17H17ClF3N3O4S. The van der Waals surface area contributed by atoms with Gasteiger partial charge in [-0.2, -0.15) is 13.2 Å². The third-order valence-corrected chi connectivity index (χ3v) is 5.76. The van der Waals surface area contributed by atoms with Gasteiger partial charge in [0.25, 0.3) is 5.91 Å². The van der Waals surface area contributed by atoms with Crippen molar-refractivity contribution in [3.8, 4) is 5.88 Å². The molecule has 0 atom stereocenters. The van der Waals surface area contributed by atoms with E-state index in [2.05, 4.69) is 15.0 Å². The van der Waals surface area contributed by atoms with E-state index in [1.807, 2.05) is 0 Å². The van der Waals surface area contributed by atoms with Crippen molar-refractivity contribution in [1.29, 1.82) is 0 Å². The second-order valence-electron chi connectivity index (χ2n) is 5.98. The van der Waals surface area contributed by atoms with Crippen LogP contribution >= 0.6 is 11.6 Å². The van der Waals surface area contributed by atoms with Gasteiger partial charge in [0.15, 0.2) is 6.61 Å². The van der Waals surface area contributed by atoms with Gasteiger partial charge in [-0.15, -0.1) is 0 Å². The molecule has 158 valence electrons. The van der Waals surface area contributed by atoms with Crippen LogP contribution in [-0.4, -0.2) is 50.5 Å². The molecule has 0 aliphatic heterocycles.